The molecule has 158 valence electrons. The maximum atomic E-state index is 11.9. The Kier molecular flexibility index (Phi) is 5.90. The average Bonchev–Trinajstić information content (AvgIpc) is 3.09. The van der Waals surface area contributed by atoms with Crippen LogP contribution in [0.4, 0.5) is 5.82 Å². The summed E-state index contributed by atoms with van der Waals surface area (Å²) in [6.07, 6.45) is 0.798. The molecule has 2 aromatic heterocycles. The van der Waals surface area contributed by atoms with E-state index in [0.29, 0.717) is 32.1 Å². The Labute approximate surface area is 181 Å². The zero-order valence-electron chi connectivity index (χ0n) is 17.7. The van der Waals surface area contributed by atoms with Gasteiger partial charge in [0.1, 0.15) is 17.5 Å². The molecule has 0 aliphatic carbocycles. The zero-order chi connectivity index (χ0) is 21.3. The van der Waals surface area contributed by atoms with E-state index in [1.165, 1.54) is 0 Å². The highest BCUT2D eigenvalue weighted by molar-refractivity contribution is 6.27. The Hall–Kier alpha value is -2.67. The van der Waals surface area contributed by atoms with E-state index >= 15 is 0 Å². The molecule has 4 rings (SSSR count). The summed E-state index contributed by atoms with van der Waals surface area (Å²) in [5.41, 5.74) is 2.71. The normalized spacial score (nSPS) is 14.7. The second-order valence-corrected chi connectivity index (χ2v) is 8.36. The van der Waals surface area contributed by atoms with Gasteiger partial charge in [-0.05, 0) is 25.0 Å². The van der Waals surface area contributed by atoms with Gasteiger partial charge in [-0.3, -0.25) is 4.79 Å². The fourth-order valence-electron chi connectivity index (χ4n) is 3.89. The van der Waals surface area contributed by atoms with Crippen LogP contribution in [0.3, 0.4) is 0 Å². The molecule has 0 N–H and O–H groups in total. The van der Waals surface area contributed by atoms with Crippen LogP contribution in [0.5, 0.6) is 0 Å². The van der Waals surface area contributed by atoms with Gasteiger partial charge in [0.05, 0.1) is 16.8 Å². The second kappa shape index (κ2) is 8.60. The number of para-hydroxylation sites is 1. The van der Waals surface area contributed by atoms with Gasteiger partial charge in [0, 0.05) is 32.6 Å². The Morgan fingerprint density at radius 3 is 2.43 bits per heavy atom. The average molecular weight is 427 g/mol. The predicted octanol–water partition coefficient (Wildman–Crippen LogP) is 3.21. The van der Waals surface area contributed by atoms with Crippen LogP contribution in [0.2, 0.25) is 0 Å². The lowest BCUT2D eigenvalue weighted by Gasteiger charge is -2.35. The fourth-order valence-corrected chi connectivity index (χ4v) is 4.06. The van der Waals surface area contributed by atoms with Crippen LogP contribution < -0.4 is 4.90 Å². The minimum atomic E-state index is -0.0160. The minimum absolute atomic E-state index is 0.0160. The molecule has 1 aliphatic rings. The Morgan fingerprint density at radius 2 is 1.80 bits per heavy atom. The summed E-state index contributed by atoms with van der Waals surface area (Å²) in [5.74, 6) is 2.19. The summed E-state index contributed by atoms with van der Waals surface area (Å²) in [7, 11) is 0. The third-order valence-corrected chi connectivity index (χ3v) is 5.60. The Balaban J connectivity index is 1.79. The highest BCUT2D eigenvalue weighted by Crippen LogP contribution is 2.30. The molecule has 0 spiro atoms. The highest BCUT2D eigenvalue weighted by atomic mass is 35.5. The minimum Gasteiger partial charge on any atom is -0.352 e. The van der Waals surface area contributed by atoms with Crippen molar-refractivity contribution in [3.63, 3.8) is 0 Å². The van der Waals surface area contributed by atoms with Crippen molar-refractivity contribution in [2.24, 2.45) is 5.92 Å². The lowest BCUT2D eigenvalue weighted by Crippen LogP contribution is -2.49. The molecule has 3 aromatic rings. The summed E-state index contributed by atoms with van der Waals surface area (Å²) in [5, 5.41) is 5.77. The van der Waals surface area contributed by atoms with Crippen molar-refractivity contribution in [2.75, 3.05) is 37.0 Å². The molecule has 7 nitrogen and oxygen atoms in total. The molecule has 1 saturated heterocycles. The first-order valence-corrected chi connectivity index (χ1v) is 10.9. The molecular formula is C22H27ClN6O. The summed E-state index contributed by atoms with van der Waals surface area (Å²) in [6.45, 7) is 9.06. The number of piperazine rings is 1. The fraction of sp³-hybridized carbons (Fsp3) is 0.455. The maximum Gasteiger partial charge on any atom is 0.237 e. The maximum absolute atomic E-state index is 11.9. The van der Waals surface area contributed by atoms with E-state index in [1.54, 1.807) is 0 Å². The SMILES string of the molecule is Cc1nn(-c2ccccc2)c2nc(CC(C)C)nc(N3CCN(C(=O)CCl)CC3)c12. The number of aromatic nitrogens is 4. The van der Waals surface area contributed by atoms with Gasteiger partial charge in [0.25, 0.3) is 0 Å². The number of hydrogen-bond acceptors (Lipinski definition) is 5. The number of nitrogens with zero attached hydrogens (tertiary/aromatic N) is 6. The van der Waals surface area contributed by atoms with Gasteiger partial charge < -0.3 is 9.80 Å². The van der Waals surface area contributed by atoms with Gasteiger partial charge in [0.15, 0.2) is 5.65 Å². The van der Waals surface area contributed by atoms with Crippen LogP contribution in [0, 0.1) is 12.8 Å². The molecule has 1 fully saturated rings. The molecule has 8 heteroatoms. The smallest absolute Gasteiger partial charge is 0.237 e. The number of benzene rings is 1. The first-order valence-electron chi connectivity index (χ1n) is 10.4. The zero-order valence-corrected chi connectivity index (χ0v) is 18.4. The molecular weight excluding hydrogens is 400 g/mol. The molecule has 1 aromatic carbocycles. The summed E-state index contributed by atoms with van der Waals surface area (Å²) < 4.78 is 1.91. The Morgan fingerprint density at radius 1 is 1.10 bits per heavy atom. The van der Waals surface area contributed by atoms with E-state index in [0.717, 1.165) is 40.5 Å². The van der Waals surface area contributed by atoms with Gasteiger partial charge in [-0.1, -0.05) is 32.0 Å². The Bertz CT molecular complexity index is 1040. The van der Waals surface area contributed by atoms with E-state index < -0.39 is 0 Å². The van der Waals surface area contributed by atoms with E-state index in [1.807, 2.05) is 46.8 Å². The van der Waals surface area contributed by atoms with Crippen LogP contribution >= 0.6 is 11.6 Å². The molecule has 30 heavy (non-hydrogen) atoms. The molecule has 3 heterocycles. The number of amides is 1. The number of hydrogen-bond donors (Lipinski definition) is 0. The van der Waals surface area contributed by atoms with Gasteiger partial charge in [-0.25, -0.2) is 14.6 Å². The van der Waals surface area contributed by atoms with Crippen molar-refractivity contribution in [1.29, 1.82) is 0 Å². The number of carbonyl (C=O) groups is 1. The number of rotatable bonds is 5. The molecule has 0 atom stereocenters. The van der Waals surface area contributed by atoms with Gasteiger partial charge in [-0.15, -0.1) is 11.6 Å². The second-order valence-electron chi connectivity index (χ2n) is 8.09. The molecule has 1 amide bonds. The first-order chi connectivity index (χ1) is 14.5. The van der Waals surface area contributed by atoms with Crippen LogP contribution in [0.25, 0.3) is 16.7 Å². The summed E-state index contributed by atoms with van der Waals surface area (Å²) in [6, 6.07) is 10.1. The van der Waals surface area contributed by atoms with Crippen LogP contribution in [0.15, 0.2) is 30.3 Å². The van der Waals surface area contributed by atoms with Crippen molar-refractivity contribution in [3.8, 4) is 5.69 Å². The highest BCUT2D eigenvalue weighted by Gasteiger charge is 2.26. The van der Waals surface area contributed by atoms with Gasteiger partial charge in [-0.2, -0.15) is 5.10 Å². The number of halogens is 1. The lowest BCUT2D eigenvalue weighted by atomic mass is 10.1. The van der Waals surface area contributed by atoms with Crippen molar-refractivity contribution in [2.45, 2.75) is 27.2 Å². The largest absolute Gasteiger partial charge is 0.352 e. The summed E-state index contributed by atoms with van der Waals surface area (Å²) >= 11 is 5.73. The van der Waals surface area contributed by atoms with Crippen LogP contribution in [-0.2, 0) is 11.2 Å². The number of anilines is 1. The standard InChI is InChI=1S/C22H27ClN6O/c1-15(2)13-18-24-21(28-11-9-27(10-12-28)19(30)14-23)20-16(3)26-29(22(20)25-18)17-7-5-4-6-8-17/h4-8,15H,9-14H2,1-3H3. The quantitative estimate of drug-likeness (QED) is 0.586. The van der Waals surface area contributed by atoms with E-state index in [-0.39, 0.29) is 11.8 Å². The summed E-state index contributed by atoms with van der Waals surface area (Å²) in [4.78, 5) is 25.9. The molecule has 0 saturated carbocycles. The van der Waals surface area contributed by atoms with Crippen molar-refractivity contribution < 1.29 is 4.79 Å². The number of carbonyl (C=O) groups excluding carboxylic acids is 1. The monoisotopic (exact) mass is 426 g/mol. The van der Waals surface area contributed by atoms with E-state index in [2.05, 4.69) is 18.7 Å². The molecule has 0 unspecified atom stereocenters. The van der Waals surface area contributed by atoms with Gasteiger partial charge in [0.2, 0.25) is 5.91 Å². The predicted molar refractivity (Wildman–Crippen MR) is 119 cm³/mol. The van der Waals surface area contributed by atoms with E-state index in [9.17, 15) is 4.79 Å². The van der Waals surface area contributed by atoms with Crippen molar-refractivity contribution in [1.82, 2.24) is 24.6 Å². The third kappa shape index (κ3) is 3.99. The topological polar surface area (TPSA) is 67.2 Å². The number of alkyl halides is 1. The molecule has 1 aliphatic heterocycles. The van der Waals surface area contributed by atoms with E-state index in [4.69, 9.17) is 26.7 Å². The third-order valence-electron chi connectivity index (χ3n) is 5.37. The van der Waals surface area contributed by atoms with Crippen molar-refractivity contribution in [3.05, 3.63) is 41.9 Å². The van der Waals surface area contributed by atoms with Crippen LogP contribution in [0.1, 0.15) is 25.4 Å². The lowest BCUT2D eigenvalue weighted by molar-refractivity contribution is -0.128. The number of fused-ring (bicyclic) bond motifs is 1. The number of aryl methyl sites for hydroxylation is 1. The molecule has 0 bridgehead atoms. The molecule has 0 radical (unpaired) electrons. The first kappa shape index (κ1) is 20.6. The van der Waals surface area contributed by atoms with Crippen molar-refractivity contribution >= 4 is 34.4 Å². The van der Waals surface area contributed by atoms with Crippen LogP contribution in [-0.4, -0.2) is 62.6 Å². The van der Waals surface area contributed by atoms with Gasteiger partial charge >= 0.3 is 0 Å².